The van der Waals surface area contributed by atoms with Gasteiger partial charge in [-0.2, -0.15) is 5.10 Å². The van der Waals surface area contributed by atoms with Crippen LogP contribution in [0.4, 0.5) is 8.78 Å². The van der Waals surface area contributed by atoms with Gasteiger partial charge in [-0.15, -0.1) is 0 Å². The molecule has 0 unspecified atom stereocenters. The summed E-state index contributed by atoms with van der Waals surface area (Å²) in [5.74, 6) is -0.737. The highest BCUT2D eigenvalue weighted by atomic mass is 19.1. The minimum Gasteiger partial charge on any atom is -0.441 e. The van der Waals surface area contributed by atoms with Crippen LogP contribution in [0.2, 0.25) is 0 Å². The number of rotatable bonds is 4. The number of amides is 1. The Labute approximate surface area is 158 Å². The molecular weight excluding hydrogens is 370 g/mol. The predicted molar refractivity (Wildman–Crippen MR) is 94.2 cm³/mol. The lowest BCUT2D eigenvalue weighted by Gasteiger charge is -2.25. The Hall–Kier alpha value is -3.36. The molecule has 0 spiro atoms. The summed E-state index contributed by atoms with van der Waals surface area (Å²) in [6.07, 6.45) is 1.13. The van der Waals surface area contributed by atoms with Gasteiger partial charge in [0.15, 0.2) is 0 Å². The van der Waals surface area contributed by atoms with E-state index < -0.39 is 11.6 Å². The van der Waals surface area contributed by atoms with E-state index in [1.807, 2.05) is 0 Å². The number of benzene rings is 1. The van der Waals surface area contributed by atoms with Crippen LogP contribution in [-0.4, -0.2) is 32.5 Å². The van der Waals surface area contributed by atoms with Gasteiger partial charge < -0.3 is 9.32 Å². The van der Waals surface area contributed by atoms with Crippen LogP contribution in [0.15, 0.2) is 39.5 Å². The molecule has 0 radical (unpaired) electrons. The first-order chi connectivity index (χ1) is 13.5. The van der Waals surface area contributed by atoms with Crippen LogP contribution in [0.5, 0.6) is 0 Å². The van der Waals surface area contributed by atoms with Crippen molar-refractivity contribution >= 4 is 5.91 Å². The lowest BCUT2D eigenvalue weighted by Crippen LogP contribution is -2.36. The normalized spacial score (nSPS) is 13.4. The molecule has 0 saturated heterocycles. The van der Waals surface area contributed by atoms with E-state index in [1.54, 1.807) is 11.0 Å². The highest BCUT2D eigenvalue weighted by molar-refractivity contribution is 5.76. The smallest absolute Gasteiger partial charge is 0.264 e. The fourth-order valence-electron chi connectivity index (χ4n) is 3.12. The summed E-state index contributed by atoms with van der Waals surface area (Å²) in [5.41, 5.74) is 1.14. The van der Waals surface area contributed by atoms with Crippen LogP contribution in [0.25, 0.3) is 11.5 Å². The average molecular weight is 386 g/mol. The van der Waals surface area contributed by atoms with E-state index in [0.717, 1.165) is 18.2 Å². The molecule has 0 aliphatic carbocycles. The van der Waals surface area contributed by atoms with Gasteiger partial charge in [0, 0.05) is 43.5 Å². The average Bonchev–Trinajstić information content (AvgIpc) is 3.10. The van der Waals surface area contributed by atoms with E-state index in [4.69, 9.17) is 4.42 Å². The first-order valence-electron chi connectivity index (χ1n) is 8.75. The Bertz CT molecular complexity index is 1050. The predicted octanol–water partition coefficient (Wildman–Crippen LogP) is 2.22. The molecule has 1 N–H and O–H groups in total. The molecule has 1 aromatic carbocycles. The number of aryl methyl sites for hydroxylation is 1. The number of nitrogens with one attached hydrogen (secondary N) is 1. The van der Waals surface area contributed by atoms with Gasteiger partial charge in [-0.25, -0.2) is 18.9 Å². The van der Waals surface area contributed by atoms with Crippen molar-refractivity contribution in [3.8, 4) is 11.5 Å². The van der Waals surface area contributed by atoms with Crippen LogP contribution in [0, 0.1) is 11.6 Å². The van der Waals surface area contributed by atoms with E-state index in [0.29, 0.717) is 36.5 Å². The Morgan fingerprint density at radius 3 is 2.71 bits per heavy atom. The van der Waals surface area contributed by atoms with Crippen molar-refractivity contribution in [2.45, 2.75) is 25.8 Å². The number of nitrogens with zero attached hydrogens (tertiary/aromatic N) is 3. The second-order valence-corrected chi connectivity index (χ2v) is 6.52. The Kier molecular flexibility index (Phi) is 4.72. The number of aromatic nitrogens is 3. The van der Waals surface area contributed by atoms with Crippen LogP contribution in [-0.2, 0) is 24.2 Å². The van der Waals surface area contributed by atoms with Crippen molar-refractivity contribution in [1.29, 1.82) is 0 Å². The second-order valence-electron chi connectivity index (χ2n) is 6.52. The molecule has 1 aliphatic heterocycles. The van der Waals surface area contributed by atoms with Crippen molar-refractivity contribution in [3.63, 3.8) is 0 Å². The van der Waals surface area contributed by atoms with E-state index in [9.17, 15) is 18.4 Å². The van der Waals surface area contributed by atoms with Gasteiger partial charge in [0.25, 0.3) is 5.56 Å². The van der Waals surface area contributed by atoms with Crippen LogP contribution >= 0.6 is 0 Å². The molecule has 2 aromatic heterocycles. The van der Waals surface area contributed by atoms with Crippen molar-refractivity contribution < 1.29 is 18.0 Å². The maximum absolute atomic E-state index is 13.4. The van der Waals surface area contributed by atoms with Crippen LogP contribution in [0.1, 0.15) is 23.6 Å². The van der Waals surface area contributed by atoms with Gasteiger partial charge in [0.2, 0.25) is 11.8 Å². The highest BCUT2D eigenvalue weighted by Gasteiger charge is 2.26. The SMILES string of the molecule is O=C(CCc1ccc(=O)[nH]n1)N1CCc2oc(-c3cc(F)cc(F)c3)nc2C1. The summed E-state index contributed by atoms with van der Waals surface area (Å²) >= 11 is 0. The molecule has 7 nitrogen and oxygen atoms in total. The Morgan fingerprint density at radius 2 is 2.00 bits per heavy atom. The molecule has 1 amide bonds. The minimum atomic E-state index is -0.709. The Morgan fingerprint density at radius 1 is 1.21 bits per heavy atom. The van der Waals surface area contributed by atoms with Crippen LogP contribution < -0.4 is 5.56 Å². The number of carbonyl (C=O) groups is 1. The quantitative estimate of drug-likeness (QED) is 0.742. The molecule has 3 heterocycles. The van der Waals surface area contributed by atoms with Crippen molar-refractivity contribution in [1.82, 2.24) is 20.1 Å². The largest absolute Gasteiger partial charge is 0.441 e. The number of aromatic amines is 1. The molecular formula is C19H16F2N4O3. The minimum absolute atomic E-state index is 0.0694. The molecule has 28 heavy (non-hydrogen) atoms. The monoisotopic (exact) mass is 386 g/mol. The summed E-state index contributed by atoms with van der Waals surface area (Å²) in [5, 5.41) is 6.22. The zero-order valence-electron chi connectivity index (χ0n) is 14.7. The highest BCUT2D eigenvalue weighted by Crippen LogP contribution is 2.27. The maximum Gasteiger partial charge on any atom is 0.264 e. The zero-order chi connectivity index (χ0) is 19.7. The number of fused-ring (bicyclic) bond motifs is 1. The number of hydrogen-bond acceptors (Lipinski definition) is 5. The van der Waals surface area contributed by atoms with Gasteiger partial charge >= 0.3 is 0 Å². The number of H-pyrrole nitrogens is 1. The van der Waals surface area contributed by atoms with E-state index >= 15 is 0 Å². The first kappa shape index (κ1) is 18.0. The molecule has 3 aromatic rings. The summed E-state index contributed by atoms with van der Waals surface area (Å²) in [7, 11) is 0. The topological polar surface area (TPSA) is 92.1 Å². The van der Waals surface area contributed by atoms with Gasteiger partial charge in [-0.1, -0.05) is 0 Å². The van der Waals surface area contributed by atoms with E-state index in [1.165, 1.54) is 6.07 Å². The van der Waals surface area contributed by atoms with E-state index in [2.05, 4.69) is 15.2 Å². The molecule has 1 aliphatic rings. The lowest BCUT2D eigenvalue weighted by atomic mass is 10.1. The third-order valence-electron chi connectivity index (χ3n) is 4.52. The molecule has 144 valence electrons. The molecule has 4 rings (SSSR count). The molecule has 0 fully saturated rings. The number of carbonyl (C=O) groups excluding carboxylic acids is 1. The summed E-state index contributed by atoms with van der Waals surface area (Å²) in [6, 6.07) is 6.04. The van der Waals surface area contributed by atoms with Crippen molar-refractivity contribution in [2.24, 2.45) is 0 Å². The second kappa shape index (κ2) is 7.34. The summed E-state index contributed by atoms with van der Waals surface area (Å²) in [4.78, 5) is 29.5. The van der Waals surface area contributed by atoms with Crippen molar-refractivity contribution in [2.75, 3.05) is 6.54 Å². The maximum atomic E-state index is 13.4. The zero-order valence-corrected chi connectivity index (χ0v) is 14.7. The van der Waals surface area contributed by atoms with Gasteiger partial charge in [-0.3, -0.25) is 9.59 Å². The Balaban J connectivity index is 1.44. The van der Waals surface area contributed by atoms with Gasteiger partial charge in [-0.05, 0) is 18.2 Å². The standard InChI is InChI=1S/C19H16F2N4O3/c20-12-7-11(8-13(21)9-12)19-22-15-10-25(6-5-16(15)28-19)18(27)4-2-14-1-3-17(26)24-23-14/h1,3,7-9H,2,4-6,10H2,(H,24,26). The summed E-state index contributed by atoms with van der Waals surface area (Å²) < 4.78 is 32.5. The molecule has 0 saturated carbocycles. The number of hydrogen-bond donors (Lipinski definition) is 1. The van der Waals surface area contributed by atoms with Crippen molar-refractivity contribution in [3.05, 3.63) is 69.5 Å². The fourth-order valence-corrected chi connectivity index (χ4v) is 3.12. The lowest BCUT2D eigenvalue weighted by molar-refractivity contribution is -0.132. The number of oxazole rings is 1. The molecule has 9 heteroatoms. The molecule has 0 atom stereocenters. The molecule has 0 bridgehead atoms. The third kappa shape index (κ3) is 3.83. The fraction of sp³-hybridized carbons (Fsp3) is 0.263. The third-order valence-corrected chi connectivity index (χ3v) is 4.52. The first-order valence-corrected chi connectivity index (χ1v) is 8.75. The number of halogens is 2. The summed E-state index contributed by atoms with van der Waals surface area (Å²) in [6.45, 7) is 0.742. The van der Waals surface area contributed by atoms with Gasteiger partial charge in [0.05, 0.1) is 12.2 Å². The van der Waals surface area contributed by atoms with E-state index in [-0.39, 0.29) is 35.9 Å². The van der Waals surface area contributed by atoms with Gasteiger partial charge in [0.1, 0.15) is 23.1 Å². The van der Waals surface area contributed by atoms with Crippen LogP contribution in [0.3, 0.4) is 0 Å².